The number of thioether (sulfide) groups is 1. The van der Waals surface area contributed by atoms with Gasteiger partial charge in [-0.3, -0.25) is 4.79 Å². The summed E-state index contributed by atoms with van der Waals surface area (Å²) in [6.45, 7) is 0. The molecule has 50 valence electrons. The van der Waals surface area contributed by atoms with Gasteiger partial charge in [0.15, 0.2) is 0 Å². The number of azo groups is 1. The average Bonchev–Trinajstić information content (AvgIpc) is 2.36. The standard InChI is InChI=1S/C6H4N2OS/c9-6-4-1-2-10-5(4)3-7-8-6/h1,3H,2H2. The van der Waals surface area contributed by atoms with Crippen molar-refractivity contribution in [1.29, 1.82) is 0 Å². The normalized spacial score (nSPS) is 22.2. The zero-order valence-corrected chi connectivity index (χ0v) is 5.89. The molecule has 0 spiro atoms. The molecule has 0 aromatic rings. The second kappa shape index (κ2) is 2.05. The zero-order valence-electron chi connectivity index (χ0n) is 5.07. The second-order valence-electron chi connectivity index (χ2n) is 1.94. The van der Waals surface area contributed by atoms with Crippen molar-refractivity contribution in [3.8, 4) is 0 Å². The minimum Gasteiger partial charge on any atom is -0.265 e. The molecule has 2 aliphatic rings. The van der Waals surface area contributed by atoms with Gasteiger partial charge in [0.1, 0.15) is 0 Å². The van der Waals surface area contributed by atoms with E-state index in [1.165, 1.54) is 0 Å². The fraction of sp³-hybridized carbons (Fsp3) is 0.167. The molecule has 0 N–H and O–H groups in total. The number of nitrogens with zero attached hydrogens (tertiary/aromatic N) is 2. The van der Waals surface area contributed by atoms with E-state index in [4.69, 9.17) is 0 Å². The van der Waals surface area contributed by atoms with Gasteiger partial charge in [-0.05, 0) is 0 Å². The first-order valence-corrected chi connectivity index (χ1v) is 3.85. The first-order valence-electron chi connectivity index (χ1n) is 2.86. The van der Waals surface area contributed by atoms with Crippen LogP contribution in [-0.4, -0.2) is 11.7 Å². The van der Waals surface area contributed by atoms with Gasteiger partial charge in [-0.25, -0.2) is 0 Å². The number of carbonyl (C=O) groups excluding carboxylic acids is 1. The lowest BCUT2D eigenvalue weighted by molar-refractivity contribution is -0.114. The van der Waals surface area contributed by atoms with Gasteiger partial charge in [-0.2, -0.15) is 5.11 Å². The Morgan fingerprint density at radius 1 is 1.60 bits per heavy atom. The predicted octanol–water partition coefficient (Wildman–Crippen LogP) is 1.49. The van der Waals surface area contributed by atoms with E-state index < -0.39 is 0 Å². The first kappa shape index (κ1) is 5.85. The fourth-order valence-corrected chi connectivity index (χ4v) is 1.76. The monoisotopic (exact) mass is 152 g/mol. The third kappa shape index (κ3) is 0.724. The Bertz CT molecular complexity index is 277. The number of hydrogen-bond acceptors (Lipinski definition) is 3. The van der Waals surface area contributed by atoms with Gasteiger partial charge in [-0.15, -0.1) is 16.9 Å². The molecule has 4 heteroatoms. The topological polar surface area (TPSA) is 41.8 Å². The highest BCUT2D eigenvalue weighted by Gasteiger charge is 2.21. The van der Waals surface area contributed by atoms with Crippen LogP contribution in [0.4, 0.5) is 0 Å². The number of carbonyl (C=O) groups is 1. The van der Waals surface area contributed by atoms with Gasteiger partial charge < -0.3 is 0 Å². The molecular formula is C6H4N2OS. The van der Waals surface area contributed by atoms with Crippen LogP contribution in [0, 0.1) is 0 Å². The minimum absolute atomic E-state index is 0.206. The van der Waals surface area contributed by atoms with E-state index in [1.54, 1.807) is 18.0 Å². The molecule has 0 bridgehead atoms. The second-order valence-corrected chi connectivity index (χ2v) is 3.00. The molecule has 0 aromatic carbocycles. The Kier molecular flexibility index (Phi) is 1.20. The fourth-order valence-electron chi connectivity index (χ4n) is 0.880. The molecular weight excluding hydrogens is 148 g/mol. The molecule has 0 aliphatic carbocycles. The van der Waals surface area contributed by atoms with Crippen LogP contribution in [-0.2, 0) is 4.79 Å². The van der Waals surface area contributed by atoms with Crippen LogP contribution in [0.2, 0.25) is 0 Å². The van der Waals surface area contributed by atoms with Crippen LogP contribution in [0.1, 0.15) is 0 Å². The molecule has 2 rings (SSSR count). The smallest absolute Gasteiger partial charge is 0.265 e. The molecule has 10 heavy (non-hydrogen) atoms. The molecule has 0 saturated heterocycles. The summed E-state index contributed by atoms with van der Waals surface area (Å²) < 4.78 is 0. The largest absolute Gasteiger partial charge is 0.296 e. The van der Waals surface area contributed by atoms with Gasteiger partial charge in [0.2, 0.25) is 0 Å². The third-order valence-electron chi connectivity index (χ3n) is 1.35. The molecule has 2 heterocycles. The van der Waals surface area contributed by atoms with Gasteiger partial charge in [-0.1, -0.05) is 6.08 Å². The molecule has 0 fully saturated rings. The lowest BCUT2D eigenvalue weighted by atomic mass is 10.2. The van der Waals surface area contributed by atoms with Crippen molar-refractivity contribution in [2.24, 2.45) is 10.2 Å². The molecule has 0 aromatic heterocycles. The zero-order chi connectivity index (χ0) is 6.97. The molecule has 0 unspecified atom stereocenters. The maximum absolute atomic E-state index is 10.9. The first-order chi connectivity index (χ1) is 4.88. The Morgan fingerprint density at radius 3 is 3.30 bits per heavy atom. The van der Waals surface area contributed by atoms with E-state index in [0.29, 0.717) is 0 Å². The van der Waals surface area contributed by atoms with Crippen molar-refractivity contribution in [2.75, 3.05) is 5.75 Å². The maximum atomic E-state index is 10.9. The average molecular weight is 152 g/mol. The van der Waals surface area contributed by atoms with Crippen LogP contribution in [0.3, 0.4) is 0 Å². The van der Waals surface area contributed by atoms with E-state index >= 15 is 0 Å². The Labute approximate surface area is 61.9 Å². The summed E-state index contributed by atoms with van der Waals surface area (Å²) >= 11 is 1.62. The highest BCUT2D eigenvalue weighted by Crippen LogP contribution is 2.33. The maximum Gasteiger partial charge on any atom is 0.296 e. The molecule has 2 aliphatic heterocycles. The van der Waals surface area contributed by atoms with Crippen molar-refractivity contribution < 1.29 is 4.79 Å². The van der Waals surface area contributed by atoms with Gasteiger partial charge in [0.25, 0.3) is 5.91 Å². The number of amides is 1. The van der Waals surface area contributed by atoms with Crippen molar-refractivity contribution in [2.45, 2.75) is 0 Å². The van der Waals surface area contributed by atoms with Crippen LogP contribution >= 0.6 is 11.8 Å². The van der Waals surface area contributed by atoms with Crippen LogP contribution in [0.15, 0.2) is 33.0 Å². The summed E-state index contributed by atoms with van der Waals surface area (Å²) in [5.41, 5.74) is 0.722. The van der Waals surface area contributed by atoms with E-state index in [1.807, 2.05) is 6.08 Å². The molecule has 0 radical (unpaired) electrons. The molecule has 3 nitrogen and oxygen atoms in total. The van der Waals surface area contributed by atoms with Crippen LogP contribution in [0.5, 0.6) is 0 Å². The third-order valence-corrected chi connectivity index (χ3v) is 2.32. The van der Waals surface area contributed by atoms with Crippen molar-refractivity contribution in [3.05, 3.63) is 22.8 Å². The van der Waals surface area contributed by atoms with Gasteiger partial charge >= 0.3 is 0 Å². The summed E-state index contributed by atoms with van der Waals surface area (Å²) in [6, 6.07) is 0. The molecule has 1 amide bonds. The summed E-state index contributed by atoms with van der Waals surface area (Å²) in [5.74, 6) is 0.667. The van der Waals surface area contributed by atoms with Crippen molar-refractivity contribution in [1.82, 2.24) is 0 Å². The summed E-state index contributed by atoms with van der Waals surface area (Å²) in [7, 11) is 0. The SMILES string of the molecule is O=C1N=NC=C2SCC=C12. The van der Waals surface area contributed by atoms with Crippen LogP contribution < -0.4 is 0 Å². The van der Waals surface area contributed by atoms with Gasteiger partial charge in [0, 0.05) is 10.7 Å². The quantitative estimate of drug-likeness (QED) is 0.527. The Morgan fingerprint density at radius 2 is 2.50 bits per heavy atom. The lowest BCUT2D eigenvalue weighted by Crippen LogP contribution is -1.99. The van der Waals surface area contributed by atoms with E-state index in [-0.39, 0.29) is 5.91 Å². The van der Waals surface area contributed by atoms with E-state index in [2.05, 4.69) is 10.2 Å². The molecule has 0 atom stereocenters. The predicted molar refractivity (Wildman–Crippen MR) is 38.5 cm³/mol. The molecule has 0 saturated carbocycles. The summed E-state index contributed by atoms with van der Waals surface area (Å²) in [5, 5.41) is 6.95. The summed E-state index contributed by atoms with van der Waals surface area (Å²) in [6.07, 6.45) is 3.52. The van der Waals surface area contributed by atoms with Crippen LogP contribution in [0.25, 0.3) is 0 Å². The Hall–Kier alpha value is -0.900. The van der Waals surface area contributed by atoms with E-state index in [9.17, 15) is 4.79 Å². The van der Waals surface area contributed by atoms with Crippen molar-refractivity contribution in [3.63, 3.8) is 0 Å². The van der Waals surface area contributed by atoms with Crippen molar-refractivity contribution >= 4 is 17.7 Å². The highest BCUT2D eigenvalue weighted by atomic mass is 32.2. The lowest BCUT2D eigenvalue weighted by Gasteiger charge is -2.00. The Balaban J connectivity index is 2.48. The van der Waals surface area contributed by atoms with Gasteiger partial charge in [0.05, 0.1) is 11.8 Å². The minimum atomic E-state index is -0.206. The summed E-state index contributed by atoms with van der Waals surface area (Å²) in [4.78, 5) is 11.9. The van der Waals surface area contributed by atoms with E-state index in [0.717, 1.165) is 16.2 Å². The number of fused-ring (bicyclic) bond motifs is 1. The number of rotatable bonds is 0. The highest BCUT2D eigenvalue weighted by molar-refractivity contribution is 8.03. The number of hydrogen-bond donors (Lipinski definition) is 0.